The maximum atomic E-state index is 6.62. The van der Waals surface area contributed by atoms with Gasteiger partial charge in [0.2, 0.25) is 0 Å². The standard InChI is InChI=1S/C36H44O3/c1-26-17-20-33-35(2,3)21-12-22-36(33,4)30(26)23-29-31(37-5)18-19-32(38-24-27-13-8-6-9-14-27)34(29)39-25-28-15-10-7-11-16-28/h6-11,13-16,18-19,23,26,33H,12,17,20-22,24-25H2,1-5H3/b30-23+/t26-,33-,36+/m0/s1. The molecule has 5 rings (SSSR count). The lowest BCUT2D eigenvalue weighted by molar-refractivity contribution is -0.00535. The second kappa shape index (κ2) is 11.5. The van der Waals surface area contributed by atoms with E-state index in [0.717, 1.165) is 33.9 Å². The van der Waals surface area contributed by atoms with E-state index in [4.69, 9.17) is 14.2 Å². The average molecular weight is 525 g/mol. The molecule has 0 aromatic heterocycles. The van der Waals surface area contributed by atoms with Gasteiger partial charge in [-0.15, -0.1) is 0 Å². The molecule has 2 aliphatic rings. The molecule has 0 saturated heterocycles. The van der Waals surface area contributed by atoms with Gasteiger partial charge in [0, 0.05) is 0 Å². The average Bonchev–Trinajstić information content (AvgIpc) is 2.93. The van der Waals surface area contributed by atoms with Crippen molar-refractivity contribution >= 4 is 6.08 Å². The maximum Gasteiger partial charge on any atom is 0.172 e. The lowest BCUT2D eigenvalue weighted by atomic mass is 9.48. The van der Waals surface area contributed by atoms with Crippen molar-refractivity contribution in [1.82, 2.24) is 0 Å². The summed E-state index contributed by atoms with van der Waals surface area (Å²) in [7, 11) is 1.75. The topological polar surface area (TPSA) is 27.7 Å². The molecule has 0 radical (unpaired) electrons. The Hall–Kier alpha value is -3.20. The molecule has 0 bridgehead atoms. The number of hydrogen-bond acceptors (Lipinski definition) is 3. The quantitative estimate of drug-likeness (QED) is 0.294. The van der Waals surface area contributed by atoms with Gasteiger partial charge in [-0.25, -0.2) is 0 Å². The summed E-state index contributed by atoms with van der Waals surface area (Å²) >= 11 is 0. The van der Waals surface area contributed by atoms with E-state index in [1.807, 2.05) is 36.4 Å². The first-order valence-corrected chi connectivity index (χ1v) is 14.6. The monoisotopic (exact) mass is 524 g/mol. The van der Waals surface area contributed by atoms with Gasteiger partial charge in [0.25, 0.3) is 0 Å². The predicted molar refractivity (Wildman–Crippen MR) is 160 cm³/mol. The van der Waals surface area contributed by atoms with Gasteiger partial charge < -0.3 is 14.2 Å². The van der Waals surface area contributed by atoms with Crippen LogP contribution < -0.4 is 14.2 Å². The van der Waals surface area contributed by atoms with Crippen LogP contribution in [0.5, 0.6) is 17.2 Å². The van der Waals surface area contributed by atoms with E-state index in [9.17, 15) is 0 Å². The zero-order chi connectivity index (χ0) is 27.5. The van der Waals surface area contributed by atoms with E-state index in [2.05, 4.69) is 70.2 Å². The Labute approximate surface area is 235 Å². The van der Waals surface area contributed by atoms with Crippen LogP contribution in [0.4, 0.5) is 0 Å². The minimum absolute atomic E-state index is 0.169. The van der Waals surface area contributed by atoms with Crippen LogP contribution in [0.25, 0.3) is 6.08 Å². The molecule has 3 aromatic carbocycles. The first-order valence-electron chi connectivity index (χ1n) is 14.6. The van der Waals surface area contributed by atoms with Gasteiger partial charge in [-0.05, 0) is 77.7 Å². The molecule has 0 N–H and O–H groups in total. The van der Waals surface area contributed by atoms with Crippen molar-refractivity contribution in [1.29, 1.82) is 0 Å². The Bertz CT molecular complexity index is 1280. The molecule has 0 amide bonds. The number of rotatable bonds is 8. The second-order valence-electron chi connectivity index (χ2n) is 12.4. The summed E-state index contributed by atoms with van der Waals surface area (Å²) in [5.74, 6) is 3.52. The normalized spacial score (nSPS) is 25.1. The fourth-order valence-corrected chi connectivity index (χ4v) is 7.38. The molecule has 0 aliphatic heterocycles. The smallest absolute Gasteiger partial charge is 0.172 e. The van der Waals surface area contributed by atoms with Gasteiger partial charge in [0.1, 0.15) is 19.0 Å². The number of allylic oxidation sites excluding steroid dienone is 1. The third-order valence-electron chi connectivity index (χ3n) is 9.41. The summed E-state index contributed by atoms with van der Waals surface area (Å²) in [6, 6.07) is 24.6. The number of ether oxygens (including phenoxy) is 3. The molecular formula is C36H44O3. The lowest BCUT2D eigenvalue weighted by Crippen LogP contribution is -2.47. The zero-order valence-electron chi connectivity index (χ0n) is 24.3. The van der Waals surface area contributed by atoms with Crippen molar-refractivity contribution in [2.75, 3.05) is 7.11 Å². The number of hydrogen-bond donors (Lipinski definition) is 0. The molecule has 0 spiro atoms. The summed E-state index contributed by atoms with van der Waals surface area (Å²) in [6.07, 6.45) is 8.76. The Morgan fingerprint density at radius 2 is 1.38 bits per heavy atom. The molecule has 3 aromatic rings. The van der Waals surface area contributed by atoms with Crippen molar-refractivity contribution < 1.29 is 14.2 Å². The van der Waals surface area contributed by atoms with E-state index < -0.39 is 0 Å². The zero-order valence-corrected chi connectivity index (χ0v) is 24.3. The van der Waals surface area contributed by atoms with E-state index >= 15 is 0 Å². The Kier molecular flexibility index (Phi) is 8.07. The van der Waals surface area contributed by atoms with Gasteiger partial charge in [0.15, 0.2) is 11.5 Å². The third kappa shape index (κ3) is 5.73. The van der Waals surface area contributed by atoms with Crippen molar-refractivity contribution in [3.05, 3.63) is 95.1 Å². The Morgan fingerprint density at radius 3 is 2.03 bits per heavy atom. The molecule has 39 heavy (non-hydrogen) atoms. The number of fused-ring (bicyclic) bond motifs is 1. The summed E-state index contributed by atoms with van der Waals surface area (Å²) in [6.45, 7) is 10.8. The summed E-state index contributed by atoms with van der Waals surface area (Å²) < 4.78 is 19.0. The van der Waals surface area contributed by atoms with E-state index in [-0.39, 0.29) is 5.41 Å². The molecule has 3 heteroatoms. The molecule has 206 valence electrons. The molecule has 0 unspecified atom stereocenters. The summed E-state index contributed by atoms with van der Waals surface area (Å²) in [5, 5.41) is 0. The fraction of sp³-hybridized carbons (Fsp3) is 0.444. The van der Waals surface area contributed by atoms with Crippen LogP contribution in [0.15, 0.2) is 78.4 Å². The molecular weight excluding hydrogens is 480 g/mol. The largest absolute Gasteiger partial charge is 0.496 e. The second-order valence-corrected chi connectivity index (χ2v) is 12.4. The summed E-state index contributed by atoms with van der Waals surface area (Å²) in [5.41, 5.74) is 5.30. The highest BCUT2D eigenvalue weighted by Gasteiger charge is 2.51. The van der Waals surface area contributed by atoms with Gasteiger partial charge in [-0.1, -0.05) is 100 Å². The lowest BCUT2D eigenvalue weighted by Gasteiger charge is -2.56. The number of methoxy groups -OCH3 is 1. The van der Waals surface area contributed by atoms with Crippen molar-refractivity contribution in [2.45, 2.75) is 73.0 Å². The van der Waals surface area contributed by atoms with E-state index in [1.54, 1.807) is 7.11 Å². The SMILES string of the molecule is COc1ccc(OCc2ccccc2)c(OCc2ccccc2)c1/C=C1\[C@@H](C)CC[C@H]2C(C)(C)CCC[C@]12C. The van der Waals surface area contributed by atoms with Gasteiger partial charge in [-0.3, -0.25) is 0 Å². The van der Waals surface area contributed by atoms with Gasteiger partial charge in [0.05, 0.1) is 12.7 Å². The van der Waals surface area contributed by atoms with Crippen molar-refractivity contribution in [3.63, 3.8) is 0 Å². The minimum Gasteiger partial charge on any atom is -0.496 e. The molecule has 3 nitrogen and oxygen atoms in total. The fourth-order valence-electron chi connectivity index (χ4n) is 7.38. The van der Waals surface area contributed by atoms with Crippen LogP contribution in [0, 0.1) is 22.7 Å². The summed E-state index contributed by atoms with van der Waals surface area (Å²) in [4.78, 5) is 0. The molecule has 3 atom stereocenters. The maximum absolute atomic E-state index is 6.62. The van der Waals surface area contributed by atoms with Crippen molar-refractivity contribution in [3.8, 4) is 17.2 Å². The Morgan fingerprint density at radius 1 is 0.769 bits per heavy atom. The molecule has 2 aliphatic carbocycles. The van der Waals surface area contributed by atoms with E-state index in [1.165, 1.54) is 37.7 Å². The number of benzene rings is 3. The minimum atomic E-state index is 0.169. The molecule has 0 heterocycles. The van der Waals surface area contributed by atoms with Crippen LogP contribution in [0.1, 0.15) is 76.5 Å². The van der Waals surface area contributed by atoms with Crippen LogP contribution in [-0.4, -0.2) is 7.11 Å². The van der Waals surface area contributed by atoms with Crippen LogP contribution in [0.3, 0.4) is 0 Å². The highest BCUT2D eigenvalue weighted by atomic mass is 16.5. The first-order chi connectivity index (χ1) is 18.8. The molecule has 2 fully saturated rings. The molecule has 2 saturated carbocycles. The first kappa shape index (κ1) is 27.4. The highest BCUT2D eigenvalue weighted by molar-refractivity contribution is 5.71. The third-order valence-corrected chi connectivity index (χ3v) is 9.41. The Balaban J connectivity index is 1.59. The van der Waals surface area contributed by atoms with Crippen LogP contribution >= 0.6 is 0 Å². The van der Waals surface area contributed by atoms with Crippen molar-refractivity contribution in [2.24, 2.45) is 22.7 Å². The van der Waals surface area contributed by atoms with Crippen LogP contribution in [-0.2, 0) is 13.2 Å². The van der Waals surface area contributed by atoms with Crippen LogP contribution in [0.2, 0.25) is 0 Å². The highest BCUT2D eigenvalue weighted by Crippen LogP contribution is 2.61. The van der Waals surface area contributed by atoms with Gasteiger partial charge >= 0.3 is 0 Å². The predicted octanol–water partition coefficient (Wildman–Crippen LogP) is 9.50. The van der Waals surface area contributed by atoms with Gasteiger partial charge in [-0.2, -0.15) is 0 Å². The van der Waals surface area contributed by atoms with E-state index in [0.29, 0.717) is 30.5 Å².